The molecule has 0 spiro atoms. The number of benzene rings is 1. The number of thiazole rings is 1. The molecule has 1 aromatic carbocycles. The maximum atomic E-state index is 12.7. The quantitative estimate of drug-likeness (QED) is 0.718. The Hall–Kier alpha value is -1.77. The Morgan fingerprint density at radius 3 is 2.48 bits per heavy atom. The summed E-state index contributed by atoms with van der Waals surface area (Å²) in [5.74, 6) is 0.0613. The van der Waals surface area contributed by atoms with Crippen molar-refractivity contribution in [2.75, 3.05) is 40.3 Å². The molecule has 1 aromatic heterocycles. The molecule has 2 heterocycles. The fourth-order valence-corrected chi connectivity index (χ4v) is 4.61. The molecule has 1 fully saturated rings. The van der Waals surface area contributed by atoms with Crippen molar-refractivity contribution in [1.82, 2.24) is 19.7 Å². The highest BCUT2D eigenvalue weighted by molar-refractivity contribution is 9.10. The van der Waals surface area contributed by atoms with Gasteiger partial charge in [0.1, 0.15) is 9.88 Å². The lowest BCUT2D eigenvalue weighted by Gasteiger charge is -2.34. The first kappa shape index (κ1) is 20.0. The van der Waals surface area contributed by atoms with Crippen LogP contribution in [0.4, 0.5) is 0 Å². The summed E-state index contributed by atoms with van der Waals surface area (Å²) >= 11 is 4.92. The van der Waals surface area contributed by atoms with Crippen molar-refractivity contribution in [2.45, 2.75) is 13.5 Å². The van der Waals surface area contributed by atoms with Gasteiger partial charge in [0.2, 0.25) is 0 Å². The molecule has 0 unspecified atom stereocenters. The van der Waals surface area contributed by atoms with E-state index in [9.17, 15) is 9.59 Å². The summed E-state index contributed by atoms with van der Waals surface area (Å²) in [6, 6.07) is 7.52. The van der Waals surface area contributed by atoms with Crippen LogP contribution in [0.5, 0.6) is 0 Å². The minimum absolute atomic E-state index is 0.0000963. The summed E-state index contributed by atoms with van der Waals surface area (Å²) < 4.78 is 0.828. The van der Waals surface area contributed by atoms with Crippen LogP contribution in [-0.4, -0.2) is 71.8 Å². The van der Waals surface area contributed by atoms with Gasteiger partial charge in [0.25, 0.3) is 11.8 Å². The molecule has 0 N–H and O–H groups in total. The van der Waals surface area contributed by atoms with Gasteiger partial charge in [-0.1, -0.05) is 12.1 Å². The van der Waals surface area contributed by atoms with Gasteiger partial charge < -0.3 is 9.80 Å². The molecule has 2 amide bonds. The Bertz CT molecular complexity index is 844. The van der Waals surface area contributed by atoms with Gasteiger partial charge in [-0.2, -0.15) is 0 Å². The maximum Gasteiger partial charge on any atom is 0.265 e. The van der Waals surface area contributed by atoms with Gasteiger partial charge in [0, 0.05) is 44.7 Å². The van der Waals surface area contributed by atoms with Crippen LogP contribution >= 0.6 is 27.3 Å². The predicted octanol–water partition coefficient (Wildman–Crippen LogP) is 2.87. The number of aromatic nitrogens is 1. The molecule has 1 aliphatic heterocycles. The molecule has 6 nitrogen and oxygen atoms in total. The highest BCUT2D eigenvalue weighted by Crippen LogP contribution is 2.22. The topological polar surface area (TPSA) is 56.8 Å². The molecule has 0 aliphatic carbocycles. The third kappa shape index (κ3) is 4.56. The Morgan fingerprint density at radius 2 is 1.85 bits per heavy atom. The largest absolute Gasteiger partial charge is 0.344 e. The second-order valence-corrected chi connectivity index (χ2v) is 8.71. The third-order valence-corrected chi connectivity index (χ3v) is 6.39. The molecule has 0 saturated carbocycles. The summed E-state index contributed by atoms with van der Waals surface area (Å²) in [5, 5.41) is 0.947. The zero-order valence-corrected chi connectivity index (χ0v) is 18.1. The first-order chi connectivity index (χ1) is 12.9. The maximum absolute atomic E-state index is 12.7. The Kier molecular flexibility index (Phi) is 6.29. The normalized spacial score (nSPS) is 15.0. The molecule has 3 rings (SSSR count). The van der Waals surface area contributed by atoms with Gasteiger partial charge in [-0.3, -0.25) is 14.5 Å². The summed E-state index contributed by atoms with van der Waals surface area (Å²) in [7, 11) is 3.50. The number of halogens is 1. The van der Waals surface area contributed by atoms with E-state index in [1.54, 1.807) is 19.0 Å². The first-order valence-corrected chi connectivity index (χ1v) is 10.4. The van der Waals surface area contributed by atoms with E-state index in [4.69, 9.17) is 0 Å². The van der Waals surface area contributed by atoms with E-state index in [1.165, 1.54) is 11.3 Å². The van der Waals surface area contributed by atoms with Crippen LogP contribution in [0.2, 0.25) is 0 Å². The molecule has 0 bridgehead atoms. The number of hydrogen-bond donors (Lipinski definition) is 0. The second kappa shape index (κ2) is 8.50. The molecule has 2 aromatic rings. The molecular weight excluding hydrogens is 428 g/mol. The molecular formula is C19H23BrN4O2S. The fraction of sp³-hybridized carbons (Fsp3) is 0.421. The minimum Gasteiger partial charge on any atom is -0.344 e. The summed E-state index contributed by atoms with van der Waals surface area (Å²) in [5.41, 5.74) is 1.49. The number of piperazine rings is 1. The van der Waals surface area contributed by atoms with Crippen molar-refractivity contribution in [3.63, 3.8) is 0 Å². The van der Waals surface area contributed by atoms with E-state index >= 15 is 0 Å². The van der Waals surface area contributed by atoms with Crippen LogP contribution in [0, 0.1) is 6.92 Å². The van der Waals surface area contributed by atoms with E-state index in [1.807, 2.05) is 36.1 Å². The molecule has 144 valence electrons. The molecule has 8 heteroatoms. The number of aryl methyl sites for hydroxylation is 1. The van der Waals surface area contributed by atoms with Crippen molar-refractivity contribution in [2.24, 2.45) is 0 Å². The Morgan fingerprint density at radius 1 is 1.19 bits per heavy atom. The molecule has 1 saturated heterocycles. The standard InChI is InChI=1S/C19H23BrN4O2S/c1-13-17(19(26)22(2)3)27-16(21-13)12-23-8-10-24(11-9-23)18(25)14-6-4-5-7-15(14)20/h4-7H,8-12H2,1-3H3. The van der Waals surface area contributed by atoms with E-state index in [-0.39, 0.29) is 11.8 Å². The Balaban J connectivity index is 1.59. The van der Waals surface area contributed by atoms with Crippen LogP contribution < -0.4 is 0 Å². The third-order valence-electron chi connectivity index (χ3n) is 4.56. The lowest BCUT2D eigenvalue weighted by atomic mass is 10.2. The van der Waals surface area contributed by atoms with Gasteiger partial charge in [0.15, 0.2) is 0 Å². The number of hydrogen-bond acceptors (Lipinski definition) is 5. The van der Waals surface area contributed by atoms with E-state index in [2.05, 4.69) is 25.8 Å². The average Bonchev–Trinajstić information content (AvgIpc) is 3.01. The van der Waals surface area contributed by atoms with Crippen LogP contribution in [-0.2, 0) is 6.54 Å². The van der Waals surface area contributed by atoms with Crippen molar-refractivity contribution < 1.29 is 9.59 Å². The van der Waals surface area contributed by atoms with Gasteiger partial charge in [-0.15, -0.1) is 11.3 Å². The molecule has 0 radical (unpaired) electrons. The number of amides is 2. The fourth-order valence-electron chi connectivity index (χ4n) is 3.03. The van der Waals surface area contributed by atoms with Crippen LogP contribution in [0.15, 0.2) is 28.7 Å². The van der Waals surface area contributed by atoms with Crippen molar-refractivity contribution in [3.05, 3.63) is 49.9 Å². The van der Waals surface area contributed by atoms with E-state index in [0.717, 1.165) is 28.3 Å². The smallest absolute Gasteiger partial charge is 0.265 e. The lowest BCUT2D eigenvalue weighted by molar-refractivity contribution is 0.0627. The van der Waals surface area contributed by atoms with Crippen molar-refractivity contribution >= 4 is 39.1 Å². The number of carbonyl (C=O) groups is 2. The average molecular weight is 451 g/mol. The van der Waals surface area contributed by atoms with Gasteiger partial charge >= 0.3 is 0 Å². The molecule has 1 aliphatic rings. The number of rotatable bonds is 4. The summed E-state index contributed by atoms with van der Waals surface area (Å²) in [6.45, 7) is 5.56. The van der Waals surface area contributed by atoms with E-state index < -0.39 is 0 Å². The second-order valence-electron chi connectivity index (χ2n) is 6.77. The molecule has 0 atom stereocenters. The van der Waals surface area contributed by atoms with Crippen molar-refractivity contribution in [3.8, 4) is 0 Å². The highest BCUT2D eigenvalue weighted by atomic mass is 79.9. The minimum atomic E-state index is 0.0000963. The van der Waals surface area contributed by atoms with Crippen molar-refractivity contribution in [1.29, 1.82) is 0 Å². The SMILES string of the molecule is Cc1nc(CN2CCN(C(=O)c3ccccc3Br)CC2)sc1C(=O)N(C)C. The first-order valence-electron chi connectivity index (χ1n) is 8.81. The van der Waals surface area contributed by atoms with Crippen LogP contribution in [0.1, 0.15) is 30.7 Å². The molecule has 27 heavy (non-hydrogen) atoms. The zero-order chi connectivity index (χ0) is 19.6. The monoisotopic (exact) mass is 450 g/mol. The van der Waals surface area contributed by atoms with E-state index in [0.29, 0.717) is 30.1 Å². The summed E-state index contributed by atoms with van der Waals surface area (Å²) in [6.07, 6.45) is 0. The zero-order valence-electron chi connectivity index (χ0n) is 15.7. The van der Waals surface area contributed by atoms with Gasteiger partial charge in [-0.25, -0.2) is 4.98 Å². The van der Waals surface area contributed by atoms with Crippen LogP contribution in [0.3, 0.4) is 0 Å². The highest BCUT2D eigenvalue weighted by Gasteiger charge is 2.24. The Labute approximate surface area is 171 Å². The predicted molar refractivity (Wildman–Crippen MR) is 110 cm³/mol. The van der Waals surface area contributed by atoms with Crippen LogP contribution in [0.25, 0.3) is 0 Å². The lowest BCUT2D eigenvalue weighted by Crippen LogP contribution is -2.48. The van der Waals surface area contributed by atoms with Gasteiger partial charge in [-0.05, 0) is 35.0 Å². The number of nitrogens with zero attached hydrogens (tertiary/aromatic N) is 4. The number of carbonyl (C=O) groups excluding carboxylic acids is 2. The summed E-state index contributed by atoms with van der Waals surface area (Å²) in [4.78, 5) is 35.9. The van der Waals surface area contributed by atoms with Gasteiger partial charge in [0.05, 0.1) is 17.8 Å².